The zero-order valence-corrected chi connectivity index (χ0v) is 15.3. The molecule has 1 heterocycles. The van der Waals surface area contributed by atoms with Crippen LogP contribution < -0.4 is 10.6 Å². The summed E-state index contributed by atoms with van der Waals surface area (Å²) >= 11 is 0. The second-order valence-electron chi connectivity index (χ2n) is 5.99. The van der Waals surface area contributed by atoms with Gasteiger partial charge in [0, 0.05) is 30.4 Å². The number of nitrogens with zero attached hydrogens (tertiary/aromatic N) is 3. The third kappa shape index (κ3) is 4.70. The highest BCUT2D eigenvalue weighted by Gasteiger charge is 2.13. The van der Waals surface area contributed by atoms with E-state index in [0.717, 1.165) is 17.0 Å². The standard InChI is InChI=1S/C19H23N5O2/c1-13-17(14(2)24(23-13)12-4-11-20)9-10-18(25)22-16-7-5-15(6-8-16)19(26)21-3/h5-8H,4,9-10,12H2,1-3H3,(H,21,26)(H,22,25). The summed E-state index contributed by atoms with van der Waals surface area (Å²) in [5.41, 5.74) is 4.14. The molecule has 2 N–H and O–H groups in total. The lowest BCUT2D eigenvalue weighted by Crippen LogP contribution is -2.18. The fourth-order valence-electron chi connectivity index (χ4n) is 2.78. The highest BCUT2D eigenvalue weighted by Crippen LogP contribution is 2.16. The van der Waals surface area contributed by atoms with Crippen molar-refractivity contribution in [2.45, 2.75) is 39.7 Å². The first kappa shape index (κ1) is 19.2. The van der Waals surface area contributed by atoms with Crippen molar-refractivity contribution >= 4 is 17.5 Å². The molecular formula is C19H23N5O2. The molecule has 0 spiro atoms. The topological polar surface area (TPSA) is 99.8 Å². The molecule has 0 saturated carbocycles. The lowest BCUT2D eigenvalue weighted by Gasteiger charge is -2.07. The fraction of sp³-hybridized carbons (Fsp3) is 0.368. The summed E-state index contributed by atoms with van der Waals surface area (Å²) in [6.45, 7) is 4.44. The number of rotatable bonds is 7. The maximum atomic E-state index is 12.2. The second-order valence-corrected chi connectivity index (χ2v) is 5.99. The van der Waals surface area contributed by atoms with E-state index in [9.17, 15) is 9.59 Å². The van der Waals surface area contributed by atoms with Crippen LogP contribution in [0, 0.1) is 25.2 Å². The molecule has 0 aliphatic carbocycles. The maximum absolute atomic E-state index is 12.2. The minimum absolute atomic E-state index is 0.0960. The lowest BCUT2D eigenvalue weighted by atomic mass is 10.1. The molecule has 0 saturated heterocycles. The van der Waals surface area contributed by atoms with Gasteiger partial charge in [-0.3, -0.25) is 14.3 Å². The number of carbonyl (C=O) groups excluding carboxylic acids is 2. The van der Waals surface area contributed by atoms with Crippen LogP contribution in [0.2, 0.25) is 0 Å². The zero-order valence-electron chi connectivity index (χ0n) is 15.3. The molecule has 2 amide bonds. The molecule has 1 aromatic carbocycles. The van der Waals surface area contributed by atoms with Gasteiger partial charge in [-0.25, -0.2) is 0 Å². The van der Waals surface area contributed by atoms with Gasteiger partial charge >= 0.3 is 0 Å². The molecule has 0 radical (unpaired) electrons. The Morgan fingerprint density at radius 2 is 1.92 bits per heavy atom. The number of carbonyl (C=O) groups is 2. The van der Waals surface area contributed by atoms with Gasteiger partial charge in [-0.2, -0.15) is 10.4 Å². The molecule has 1 aromatic heterocycles. The summed E-state index contributed by atoms with van der Waals surface area (Å²) < 4.78 is 1.82. The quantitative estimate of drug-likeness (QED) is 0.798. The van der Waals surface area contributed by atoms with E-state index in [1.165, 1.54) is 0 Å². The number of anilines is 1. The Balaban J connectivity index is 1.94. The van der Waals surface area contributed by atoms with E-state index < -0.39 is 0 Å². The monoisotopic (exact) mass is 353 g/mol. The van der Waals surface area contributed by atoms with E-state index in [0.29, 0.717) is 37.1 Å². The molecule has 0 unspecified atom stereocenters. The number of benzene rings is 1. The average Bonchev–Trinajstić information content (AvgIpc) is 2.91. The van der Waals surface area contributed by atoms with Crippen molar-refractivity contribution in [2.24, 2.45) is 0 Å². The van der Waals surface area contributed by atoms with Gasteiger partial charge in [-0.05, 0) is 50.1 Å². The van der Waals surface area contributed by atoms with E-state index in [2.05, 4.69) is 21.8 Å². The van der Waals surface area contributed by atoms with E-state index in [1.54, 1.807) is 31.3 Å². The Labute approximate surface area is 153 Å². The van der Waals surface area contributed by atoms with Gasteiger partial charge in [0.15, 0.2) is 0 Å². The van der Waals surface area contributed by atoms with Crippen molar-refractivity contribution in [3.63, 3.8) is 0 Å². The summed E-state index contributed by atoms with van der Waals surface area (Å²) in [6.07, 6.45) is 1.34. The average molecular weight is 353 g/mol. The van der Waals surface area contributed by atoms with Crippen molar-refractivity contribution in [1.29, 1.82) is 5.26 Å². The fourth-order valence-corrected chi connectivity index (χ4v) is 2.78. The van der Waals surface area contributed by atoms with Crippen LogP contribution in [0.4, 0.5) is 5.69 Å². The van der Waals surface area contributed by atoms with Gasteiger partial charge in [0.25, 0.3) is 5.91 Å². The van der Waals surface area contributed by atoms with Gasteiger partial charge in [0.1, 0.15) is 0 Å². The normalized spacial score (nSPS) is 10.2. The predicted molar refractivity (Wildman–Crippen MR) is 98.7 cm³/mol. The van der Waals surface area contributed by atoms with Crippen LogP contribution in [0.25, 0.3) is 0 Å². The number of amides is 2. The lowest BCUT2D eigenvalue weighted by molar-refractivity contribution is -0.116. The Hall–Kier alpha value is -3.14. The molecular weight excluding hydrogens is 330 g/mol. The highest BCUT2D eigenvalue weighted by molar-refractivity contribution is 5.95. The molecule has 136 valence electrons. The van der Waals surface area contributed by atoms with Gasteiger partial charge < -0.3 is 10.6 Å². The third-order valence-corrected chi connectivity index (χ3v) is 4.23. The molecule has 2 aromatic rings. The first-order valence-electron chi connectivity index (χ1n) is 8.48. The smallest absolute Gasteiger partial charge is 0.251 e. The molecule has 0 atom stereocenters. The summed E-state index contributed by atoms with van der Waals surface area (Å²) in [7, 11) is 1.57. The maximum Gasteiger partial charge on any atom is 0.251 e. The number of hydrogen-bond donors (Lipinski definition) is 2. The molecule has 2 rings (SSSR count). The van der Waals surface area contributed by atoms with Crippen molar-refractivity contribution in [2.75, 3.05) is 12.4 Å². The zero-order chi connectivity index (χ0) is 19.1. The van der Waals surface area contributed by atoms with Crippen LogP contribution in [0.3, 0.4) is 0 Å². The summed E-state index contributed by atoms with van der Waals surface area (Å²) in [5.74, 6) is -0.261. The minimum Gasteiger partial charge on any atom is -0.355 e. The van der Waals surface area contributed by atoms with E-state index >= 15 is 0 Å². The van der Waals surface area contributed by atoms with Crippen molar-refractivity contribution in [3.8, 4) is 6.07 Å². The van der Waals surface area contributed by atoms with Gasteiger partial charge in [-0.15, -0.1) is 0 Å². The first-order valence-corrected chi connectivity index (χ1v) is 8.48. The Morgan fingerprint density at radius 1 is 1.23 bits per heavy atom. The molecule has 0 bridgehead atoms. The molecule has 7 nitrogen and oxygen atoms in total. The van der Waals surface area contributed by atoms with Crippen molar-refractivity contribution in [3.05, 3.63) is 46.8 Å². The molecule has 0 aliphatic rings. The summed E-state index contributed by atoms with van der Waals surface area (Å²) in [4.78, 5) is 23.7. The Morgan fingerprint density at radius 3 is 2.54 bits per heavy atom. The number of nitriles is 1. The molecule has 7 heteroatoms. The Kier molecular flexibility index (Phi) is 6.50. The van der Waals surface area contributed by atoms with E-state index in [4.69, 9.17) is 5.26 Å². The van der Waals surface area contributed by atoms with Crippen LogP contribution >= 0.6 is 0 Å². The summed E-state index contributed by atoms with van der Waals surface area (Å²) in [5, 5.41) is 18.5. The third-order valence-electron chi connectivity index (χ3n) is 4.23. The number of aryl methyl sites for hydroxylation is 2. The van der Waals surface area contributed by atoms with Crippen molar-refractivity contribution < 1.29 is 9.59 Å². The van der Waals surface area contributed by atoms with Gasteiger partial charge in [-0.1, -0.05) is 0 Å². The largest absolute Gasteiger partial charge is 0.355 e. The summed E-state index contributed by atoms with van der Waals surface area (Å²) in [6, 6.07) is 8.87. The van der Waals surface area contributed by atoms with Crippen molar-refractivity contribution in [1.82, 2.24) is 15.1 Å². The van der Waals surface area contributed by atoms with Crippen LogP contribution in [-0.4, -0.2) is 28.6 Å². The number of hydrogen-bond acceptors (Lipinski definition) is 4. The van der Waals surface area contributed by atoms with Gasteiger partial charge in [0.2, 0.25) is 5.91 Å². The van der Waals surface area contributed by atoms with Crippen LogP contribution in [0.1, 0.15) is 40.2 Å². The highest BCUT2D eigenvalue weighted by atomic mass is 16.2. The first-order chi connectivity index (χ1) is 12.5. The number of aromatic nitrogens is 2. The number of nitrogens with one attached hydrogen (secondary N) is 2. The molecule has 0 fully saturated rings. The second kappa shape index (κ2) is 8.81. The van der Waals surface area contributed by atoms with Crippen LogP contribution in [0.15, 0.2) is 24.3 Å². The molecule has 26 heavy (non-hydrogen) atoms. The van der Waals surface area contributed by atoms with E-state index in [1.807, 2.05) is 18.5 Å². The van der Waals surface area contributed by atoms with E-state index in [-0.39, 0.29) is 11.8 Å². The molecule has 0 aliphatic heterocycles. The Bertz CT molecular complexity index is 831. The van der Waals surface area contributed by atoms with Crippen LogP contribution in [-0.2, 0) is 17.8 Å². The van der Waals surface area contributed by atoms with Crippen LogP contribution in [0.5, 0.6) is 0 Å². The predicted octanol–water partition coefficient (Wildman–Crippen LogP) is 2.34. The minimum atomic E-state index is -0.165. The van der Waals surface area contributed by atoms with Gasteiger partial charge in [0.05, 0.1) is 24.7 Å². The SMILES string of the molecule is CNC(=O)c1ccc(NC(=O)CCc2c(C)nn(CCC#N)c2C)cc1.